The van der Waals surface area contributed by atoms with Gasteiger partial charge in [-0.3, -0.25) is 0 Å². The molecule has 3 N–H and O–H groups in total. The predicted molar refractivity (Wildman–Crippen MR) is 92.1 cm³/mol. The van der Waals surface area contributed by atoms with E-state index in [1.165, 1.54) is 36.9 Å². The normalized spacial score (nSPS) is 15.6. The van der Waals surface area contributed by atoms with Gasteiger partial charge in [0, 0.05) is 36.7 Å². The van der Waals surface area contributed by atoms with Gasteiger partial charge in [0.15, 0.2) is 0 Å². The fourth-order valence-corrected chi connectivity index (χ4v) is 3.56. The van der Waals surface area contributed by atoms with Gasteiger partial charge in [-0.25, -0.2) is 4.79 Å². The van der Waals surface area contributed by atoms with Crippen molar-refractivity contribution in [3.8, 4) is 0 Å². The van der Waals surface area contributed by atoms with Crippen molar-refractivity contribution in [2.75, 3.05) is 26.2 Å². The summed E-state index contributed by atoms with van der Waals surface area (Å²) in [6.07, 6.45) is 5.75. The molecule has 5 nitrogen and oxygen atoms in total. The molecule has 3 rings (SSSR count). The molecule has 1 fully saturated rings. The van der Waals surface area contributed by atoms with E-state index >= 15 is 0 Å². The maximum atomic E-state index is 11.4. The summed E-state index contributed by atoms with van der Waals surface area (Å²) in [5.41, 5.74) is 9.18. The Morgan fingerprint density at radius 3 is 2.65 bits per heavy atom. The van der Waals surface area contributed by atoms with Crippen molar-refractivity contribution in [3.05, 3.63) is 35.0 Å². The van der Waals surface area contributed by atoms with Gasteiger partial charge in [-0.2, -0.15) is 0 Å². The Labute approximate surface area is 136 Å². The monoisotopic (exact) mass is 315 g/mol. The third-order valence-electron chi connectivity index (χ3n) is 4.81. The zero-order valence-corrected chi connectivity index (χ0v) is 13.7. The Morgan fingerprint density at radius 2 is 2.00 bits per heavy atom. The van der Waals surface area contributed by atoms with Crippen molar-refractivity contribution in [2.45, 2.75) is 32.7 Å². The zero-order chi connectivity index (χ0) is 16.4. The van der Waals surface area contributed by atoms with Crippen LogP contribution in [-0.4, -0.2) is 46.7 Å². The highest BCUT2D eigenvalue weighted by Gasteiger charge is 2.16. The number of nitrogens with two attached hydrogens (primary N) is 1. The highest BCUT2D eigenvalue weighted by molar-refractivity contribution is 5.96. The predicted octanol–water partition coefficient (Wildman–Crippen LogP) is 2.24. The van der Waals surface area contributed by atoms with Gasteiger partial charge < -0.3 is 20.3 Å². The first-order valence-electron chi connectivity index (χ1n) is 8.38. The Hall–Kier alpha value is -1.85. The number of hydrogen-bond acceptors (Lipinski definition) is 3. The number of aryl methyl sites for hydroxylation is 1. The van der Waals surface area contributed by atoms with E-state index < -0.39 is 5.97 Å². The molecule has 0 radical (unpaired) electrons. The minimum absolute atomic E-state index is 0.375. The molecule has 2 heterocycles. The number of carboxylic acid groups (broad SMARTS) is 1. The molecule has 1 aromatic carbocycles. The highest BCUT2D eigenvalue weighted by atomic mass is 16.4. The van der Waals surface area contributed by atoms with Crippen LogP contribution in [0.2, 0.25) is 0 Å². The summed E-state index contributed by atoms with van der Waals surface area (Å²) >= 11 is 0. The number of carbonyl (C=O) groups is 1. The van der Waals surface area contributed by atoms with E-state index in [1.807, 2.05) is 13.0 Å². The molecule has 23 heavy (non-hydrogen) atoms. The van der Waals surface area contributed by atoms with E-state index in [-0.39, 0.29) is 0 Å². The van der Waals surface area contributed by atoms with Crippen LogP contribution >= 0.6 is 0 Å². The molecular weight excluding hydrogens is 290 g/mol. The Kier molecular flexibility index (Phi) is 4.68. The van der Waals surface area contributed by atoms with Crippen molar-refractivity contribution >= 4 is 16.9 Å². The standard InChI is InChI=1S/C18H25N3O2/c1-13-10-16-14(4-8-20-6-2-3-7-20)12-21(9-5-19)17(16)11-15(13)18(22)23/h10-12H,2-9,19H2,1H3,(H,22,23). The summed E-state index contributed by atoms with van der Waals surface area (Å²) in [6.45, 7) is 6.59. The molecule has 0 saturated carbocycles. The molecule has 0 bridgehead atoms. The quantitative estimate of drug-likeness (QED) is 0.857. The average Bonchev–Trinajstić information content (AvgIpc) is 3.13. The van der Waals surface area contributed by atoms with Crippen LogP contribution in [0.3, 0.4) is 0 Å². The fourth-order valence-electron chi connectivity index (χ4n) is 3.56. The number of aromatic nitrogens is 1. The number of benzene rings is 1. The topological polar surface area (TPSA) is 71.5 Å². The summed E-state index contributed by atoms with van der Waals surface area (Å²) in [7, 11) is 0. The van der Waals surface area contributed by atoms with Crippen LogP contribution in [0, 0.1) is 6.92 Å². The minimum atomic E-state index is -0.872. The highest BCUT2D eigenvalue weighted by Crippen LogP contribution is 2.26. The summed E-state index contributed by atoms with van der Waals surface area (Å²) in [6, 6.07) is 3.81. The third-order valence-corrected chi connectivity index (χ3v) is 4.81. The number of carboxylic acids is 1. The largest absolute Gasteiger partial charge is 0.478 e. The van der Waals surface area contributed by atoms with E-state index in [1.54, 1.807) is 6.07 Å². The van der Waals surface area contributed by atoms with Crippen LogP contribution in [-0.2, 0) is 13.0 Å². The van der Waals surface area contributed by atoms with E-state index in [9.17, 15) is 9.90 Å². The first-order valence-corrected chi connectivity index (χ1v) is 8.38. The number of rotatable bonds is 6. The van der Waals surface area contributed by atoms with Crippen LogP contribution in [0.15, 0.2) is 18.3 Å². The molecular formula is C18H25N3O2. The lowest BCUT2D eigenvalue weighted by molar-refractivity contribution is 0.0696. The van der Waals surface area contributed by atoms with Crippen LogP contribution in [0.25, 0.3) is 10.9 Å². The second-order valence-corrected chi connectivity index (χ2v) is 6.42. The molecule has 1 saturated heterocycles. The van der Waals surface area contributed by atoms with Crippen LogP contribution < -0.4 is 5.73 Å². The van der Waals surface area contributed by atoms with E-state index in [2.05, 4.69) is 15.7 Å². The summed E-state index contributed by atoms with van der Waals surface area (Å²) in [5, 5.41) is 10.5. The zero-order valence-electron chi connectivity index (χ0n) is 13.7. The van der Waals surface area contributed by atoms with Gasteiger partial charge in [0.2, 0.25) is 0 Å². The van der Waals surface area contributed by atoms with Crippen molar-refractivity contribution in [2.24, 2.45) is 5.73 Å². The molecule has 0 amide bonds. The van der Waals surface area contributed by atoms with Crippen molar-refractivity contribution < 1.29 is 9.90 Å². The molecule has 0 unspecified atom stereocenters. The molecule has 1 aliphatic rings. The van der Waals surface area contributed by atoms with Crippen LogP contribution in [0.1, 0.15) is 34.3 Å². The summed E-state index contributed by atoms with van der Waals surface area (Å²) in [4.78, 5) is 13.9. The summed E-state index contributed by atoms with van der Waals surface area (Å²) in [5.74, 6) is -0.872. The van der Waals surface area contributed by atoms with Gasteiger partial charge in [0.05, 0.1) is 5.56 Å². The maximum Gasteiger partial charge on any atom is 0.336 e. The average molecular weight is 315 g/mol. The van der Waals surface area contributed by atoms with Crippen LogP contribution in [0.4, 0.5) is 0 Å². The second kappa shape index (κ2) is 6.72. The van der Waals surface area contributed by atoms with Gasteiger partial charge in [0.25, 0.3) is 0 Å². The second-order valence-electron chi connectivity index (χ2n) is 6.42. The van der Waals surface area contributed by atoms with Gasteiger partial charge in [-0.05, 0) is 62.5 Å². The molecule has 2 aromatic rings. The minimum Gasteiger partial charge on any atom is -0.478 e. The molecule has 0 atom stereocenters. The Balaban J connectivity index is 1.96. The van der Waals surface area contributed by atoms with E-state index in [0.717, 1.165) is 24.0 Å². The third kappa shape index (κ3) is 3.26. The molecule has 124 valence electrons. The molecule has 1 aliphatic heterocycles. The van der Waals surface area contributed by atoms with E-state index in [4.69, 9.17) is 5.73 Å². The number of fused-ring (bicyclic) bond motifs is 1. The number of nitrogens with zero attached hydrogens (tertiary/aromatic N) is 2. The lowest BCUT2D eigenvalue weighted by atomic mass is 10.0. The molecule has 0 aliphatic carbocycles. The smallest absolute Gasteiger partial charge is 0.336 e. The van der Waals surface area contributed by atoms with Crippen LogP contribution in [0.5, 0.6) is 0 Å². The molecule has 1 aromatic heterocycles. The van der Waals surface area contributed by atoms with Gasteiger partial charge in [-0.15, -0.1) is 0 Å². The lowest BCUT2D eigenvalue weighted by Crippen LogP contribution is -2.21. The van der Waals surface area contributed by atoms with Gasteiger partial charge >= 0.3 is 5.97 Å². The first kappa shape index (κ1) is 16.0. The summed E-state index contributed by atoms with van der Waals surface area (Å²) < 4.78 is 2.10. The first-order chi connectivity index (χ1) is 11.1. The van der Waals surface area contributed by atoms with Crippen molar-refractivity contribution in [1.82, 2.24) is 9.47 Å². The Bertz CT molecular complexity index is 715. The molecule has 0 spiro atoms. The number of aromatic carboxylic acids is 1. The fraction of sp³-hybridized carbons (Fsp3) is 0.500. The van der Waals surface area contributed by atoms with Gasteiger partial charge in [-0.1, -0.05) is 0 Å². The number of hydrogen-bond donors (Lipinski definition) is 2. The number of likely N-dealkylation sites (tertiary alicyclic amines) is 1. The van der Waals surface area contributed by atoms with Gasteiger partial charge in [0.1, 0.15) is 0 Å². The lowest BCUT2D eigenvalue weighted by Gasteiger charge is -2.13. The van der Waals surface area contributed by atoms with E-state index in [0.29, 0.717) is 18.7 Å². The Morgan fingerprint density at radius 1 is 1.26 bits per heavy atom. The maximum absolute atomic E-state index is 11.4. The van der Waals surface area contributed by atoms with Crippen molar-refractivity contribution in [1.29, 1.82) is 0 Å². The SMILES string of the molecule is Cc1cc2c(CCN3CCCC3)cn(CCN)c2cc1C(=O)O. The molecule has 5 heteroatoms. The van der Waals surface area contributed by atoms with Crippen molar-refractivity contribution in [3.63, 3.8) is 0 Å².